The summed E-state index contributed by atoms with van der Waals surface area (Å²) < 4.78 is 13.2. The molecule has 0 saturated carbocycles. The normalized spacial score (nSPS) is 25.1. The maximum absolute atomic E-state index is 12.4. The molecule has 3 aliphatic rings. The Balaban J connectivity index is 1.13. The number of pyridine rings is 1. The number of rotatable bonds is 10. The predicted octanol–water partition coefficient (Wildman–Crippen LogP) is 4.61. The van der Waals surface area contributed by atoms with Crippen LogP contribution in [-0.2, 0) is 22.6 Å². The van der Waals surface area contributed by atoms with Crippen LogP contribution in [0.5, 0.6) is 0 Å². The van der Waals surface area contributed by atoms with Crippen LogP contribution < -0.4 is 5.32 Å². The molecule has 3 aliphatic heterocycles. The van der Waals surface area contributed by atoms with Gasteiger partial charge in [0.1, 0.15) is 0 Å². The van der Waals surface area contributed by atoms with Crippen LogP contribution in [0, 0.1) is 0 Å². The second-order valence-electron chi connectivity index (χ2n) is 11.8. The molecule has 0 bridgehead atoms. The molecule has 3 aromatic rings. The molecule has 8 heteroatoms. The molecular formula is C34H42N4O4. The van der Waals surface area contributed by atoms with Crippen LogP contribution in [0.1, 0.15) is 77.1 Å². The van der Waals surface area contributed by atoms with E-state index in [1.807, 2.05) is 36.4 Å². The third-order valence-corrected chi connectivity index (χ3v) is 8.85. The van der Waals surface area contributed by atoms with E-state index in [4.69, 9.17) is 9.47 Å². The molecule has 3 saturated heterocycles. The van der Waals surface area contributed by atoms with E-state index < -0.39 is 6.29 Å². The Labute approximate surface area is 248 Å². The van der Waals surface area contributed by atoms with Crippen LogP contribution >= 0.6 is 0 Å². The lowest BCUT2D eigenvalue weighted by Crippen LogP contribution is -2.45. The Morgan fingerprint density at radius 3 is 2.40 bits per heavy atom. The molecule has 42 heavy (non-hydrogen) atoms. The maximum Gasteiger partial charge on any atom is 0.253 e. The second kappa shape index (κ2) is 13.9. The number of carbonyl (C=O) groups excluding carboxylic acids is 1. The van der Waals surface area contributed by atoms with Gasteiger partial charge in [0, 0.05) is 50.1 Å². The first-order valence-corrected chi connectivity index (χ1v) is 15.4. The van der Waals surface area contributed by atoms with E-state index in [1.54, 1.807) is 24.5 Å². The van der Waals surface area contributed by atoms with E-state index >= 15 is 0 Å². The Kier molecular flexibility index (Phi) is 9.57. The fourth-order valence-electron chi connectivity index (χ4n) is 6.47. The van der Waals surface area contributed by atoms with Crippen LogP contribution in [-0.4, -0.2) is 70.7 Å². The molecule has 0 aliphatic carbocycles. The van der Waals surface area contributed by atoms with Crippen molar-refractivity contribution in [3.63, 3.8) is 0 Å². The molecule has 6 rings (SSSR count). The van der Waals surface area contributed by atoms with Crippen molar-refractivity contribution in [1.29, 1.82) is 0 Å². The van der Waals surface area contributed by atoms with Gasteiger partial charge in [-0.3, -0.25) is 14.7 Å². The maximum atomic E-state index is 12.4. The first-order valence-electron chi connectivity index (χ1n) is 15.4. The van der Waals surface area contributed by atoms with Gasteiger partial charge in [0.15, 0.2) is 6.29 Å². The zero-order valence-electron chi connectivity index (χ0n) is 24.2. The second-order valence-corrected chi connectivity index (χ2v) is 11.8. The summed E-state index contributed by atoms with van der Waals surface area (Å²) in [5.41, 5.74) is 4.51. The van der Waals surface area contributed by atoms with Crippen molar-refractivity contribution in [1.82, 2.24) is 20.1 Å². The standard InChI is InChI=1S/C34H42N4O4/c39-24-26-9-11-27(12-10-26)32-19-31(23-38-18-4-6-30(38)22-37-16-1-2-17-37)41-34(42-32)28-13-7-25(8-14-28)20-36-33(40)29-5-3-15-35-21-29/h3,5,7-15,21,30-32,34,39H,1-2,4,6,16-20,22-24H2,(H,36,40)/t30-,31-,32+,34+/m0/s1. The molecule has 222 valence electrons. The van der Waals surface area contributed by atoms with Gasteiger partial charge in [0.05, 0.1) is 24.4 Å². The summed E-state index contributed by atoms with van der Waals surface area (Å²) in [6.45, 7) is 6.11. The molecule has 1 aromatic heterocycles. The van der Waals surface area contributed by atoms with Crippen LogP contribution in [0.15, 0.2) is 73.1 Å². The number of aliphatic hydroxyl groups is 1. The topological polar surface area (TPSA) is 87.2 Å². The van der Waals surface area contributed by atoms with Gasteiger partial charge in [-0.25, -0.2) is 0 Å². The van der Waals surface area contributed by atoms with E-state index in [1.165, 1.54) is 38.8 Å². The number of benzene rings is 2. The van der Waals surface area contributed by atoms with Gasteiger partial charge >= 0.3 is 0 Å². The van der Waals surface area contributed by atoms with Crippen molar-refractivity contribution in [2.45, 2.75) is 69.8 Å². The lowest BCUT2D eigenvalue weighted by atomic mass is 9.99. The van der Waals surface area contributed by atoms with Crippen molar-refractivity contribution in [2.75, 3.05) is 32.7 Å². The monoisotopic (exact) mass is 570 g/mol. The third-order valence-electron chi connectivity index (χ3n) is 8.85. The number of ether oxygens (including phenoxy) is 2. The molecule has 8 nitrogen and oxygen atoms in total. The van der Waals surface area contributed by atoms with Crippen molar-refractivity contribution in [3.05, 3.63) is 101 Å². The van der Waals surface area contributed by atoms with Gasteiger partial charge in [-0.15, -0.1) is 0 Å². The van der Waals surface area contributed by atoms with E-state index in [2.05, 4.69) is 32.2 Å². The first kappa shape index (κ1) is 29.0. The summed E-state index contributed by atoms with van der Waals surface area (Å²) in [5, 5.41) is 12.5. The molecule has 4 heterocycles. The van der Waals surface area contributed by atoms with Gasteiger partial charge in [-0.05, 0) is 74.1 Å². The highest BCUT2D eigenvalue weighted by molar-refractivity contribution is 5.93. The van der Waals surface area contributed by atoms with Crippen LogP contribution in [0.3, 0.4) is 0 Å². The SMILES string of the molecule is O=C(NCc1ccc([C@@H]2O[C@H](CN3CCC[C@H]3CN3CCCC3)C[C@H](c3ccc(CO)cc3)O2)cc1)c1cccnc1. The summed E-state index contributed by atoms with van der Waals surface area (Å²) in [7, 11) is 0. The Bertz CT molecular complexity index is 1280. The van der Waals surface area contributed by atoms with Gasteiger partial charge in [-0.1, -0.05) is 48.5 Å². The summed E-state index contributed by atoms with van der Waals surface area (Å²) in [6, 6.07) is 20.3. The Morgan fingerprint density at radius 1 is 0.905 bits per heavy atom. The number of aromatic nitrogens is 1. The molecule has 4 atom stereocenters. The number of likely N-dealkylation sites (tertiary alicyclic amines) is 2. The molecule has 0 unspecified atom stereocenters. The van der Waals surface area contributed by atoms with Crippen molar-refractivity contribution < 1.29 is 19.4 Å². The van der Waals surface area contributed by atoms with E-state index in [0.29, 0.717) is 18.2 Å². The molecule has 2 N–H and O–H groups in total. The summed E-state index contributed by atoms with van der Waals surface area (Å²) in [5.74, 6) is -0.144. The Morgan fingerprint density at radius 2 is 1.67 bits per heavy atom. The van der Waals surface area contributed by atoms with E-state index in [-0.39, 0.29) is 24.7 Å². The van der Waals surface area contributed by atoms with Gasteiger partial charge in [0.2, 0.25) is 0 Å². The molecule has 1 amide bonds. The summed E-state index contributed by atoms with van der Waals surface area (Å²) in [4.78, 5) is 21.7. The summed E-state index contributed by atoms with van der Waals surface area (Å²) >= 11 is 0. The smallest absolute Gasteiger partial charge is 0.253 e. The third kappa shape index (κ3) is 7.25. The number of nitrogens with zero attached hydrogens (tertiary/aromatic N) is 3. The predicted molar refractivity (Wildman–Crippen MR) is 161 cm³/mol. The quantitative estimate of drug-likeness (QED) is 0.368. The number of carbonyl (C=O) groups is 1. The highest BCUT2D eigenvalue weighted by Crippen LogP contribution is 2.39. The number of hydrogen-bond acceptors (Lipinski definition) is 7. The van der Waals surface area contributed by atoms with Crippen molar-refractivity contribution >= 4 is 5.91 Å². The fourth-order valence-corrected chi connectivity index (χ4v) is 6.47. The number of hydrogen-bond donors (Lipinski definition) is 2. The van der Waals surface area contributed by atoms with E-state index in [9.17, 15) is 9.90 Å². The highest BCUT2D eigenvalue weighted by atomic mass is 16.7. The van der Waals surface area contributed by atoms with Gasteiger partial charge < -0.3 is 24.8 Å². The largest absolute Gasteiger partial charge is 0.392 e. The molecule has 2 aromatic carbocycles. The number of aliphatic hydroxyl groups excluding tert-OH is 1. The van der Waals surface area contributed by atoms with Crippen molar-refractivity contribution in [2.24, 2.45) is 0 Å². The number of nitrogens with one attached hydrogen (secondary N) is 1. The minimum atomic E-state index is -0.482. The minimum absolute atomic E-state index is 0.0303. The highest BCUT2D eigenvalue weighted by Gasteiger charge is 2.36. The van der Waals surface area contributed by atoms with Gasteiger partial charge in [0.25, 0.3) is 5.91 Å². The molecule has 0 spiro atoms. The summed E-state index contributed by atoms with van der Waals surface area (Å²) in [6.07, 6.45) is 8.63. The number of amides is 1. The average molecular weight is 571 g/mol. The minimum Gasteiger partial charge on any atom is -0.392 e. The fraction of sp³-hybridized carbons (Fsp3) is 0.471. The van der Waals surface area contributed by atoms with Crippen molar-refractivity contribution in [3.8, 4) is 0 Å². The lowest BCUT2D eigenvalue weighted by molar-refractivity contribution is -0.253. The van der Waals surface area contributed by atoms with Gasteiger partial charge in [-0.2, -0.15) is 0 Å². The lowest BCUT2D eigenvalue weighted by Gasteiger charge is -2.39. The Hall–Kier alpha value is -3.14. The van der Waals surface area contributed by atoms with Crippen LogP contribution in [0.2, 0.25) is 0 Å². The zero-order valence-corrected chi connectivity index (χ0v) is 24.2. The average Bonchev–Trinajstić information content (AvgIpc) is 3.73. The van der Waals surface area contributed by atoms with Crippen LogP contribution in [0.4, 0.5) is 0 Å². The molecular weight excluding hydrogens is 528 g/mol. The molecule has 3 fully saturated rings. The first-order chi connectivity index (χ1) is 20.6. The van der Waals surface area contributed by atoms with E-state index in [0.717, 1.165) is 48.3 Å². The zero-order chi connectivity index (χ0) is 28.7. The van der Waals surface area contributed by atoms with Crippen LogP contribution in [0.25, 0.3) is 0 Å². The molecule has 0 radical (unpaired) electrons.